The molecule has 27 heavy (non-hydrogen) atoms. The maximum atomic E-state index is 13.0. The largest absolute Gasteiger partial charge is 0.586 e. The number of carbonyl (C=O) groups excluding carboxylic acids is 1. The summed E-state index contributed by atoms with van der Waals surface area (Å²) < 4.78 is 34.8. The monoisotopic (exact) mass is 375 g/mol. The van der Waals surface area contributed by atoms with E-state index in [1.165, 1.54) is 25.0 Å². The van der Waals surface area contributed by atoms with Gasteiger partial charge in [0.05, 0.1) is 6.54 Å². The van der Waals surface area contributed by atoms with Gasteiger partial charge in [-0.15, -0.1) is 8.78 Å². The van der Waals surface area contributed by atoms with Gasteiger partial charge in [-0.1, -0.05) is 0 Å². The Morgan fingerprint density at radius 1 is 1.00 bits per heavy atom. The van der Waals surface area contributed by atoms with Crippen LogP contribution in [0.4, 0.5) is 25.8 Å². The fraction of sp³-hybridized carbons (Fsp3) is 0.316. The van der Waals surface area contributed by atoms with Gasteiger partial charge in [0.1, 0.15) is 0 Å². The maximum absolute atomic E-state index is 13.0. The molecule has 1 saturated heterocycles. The molecular weight excluding hydrogens is 356 g/mol. The summed E-state index contributed by atoms with van der Waals surface area (Å²) in [6.45, 7) is 2.12. The van der Waals surface area contributed by atoms with E-state index in [-0.39, 0.29) is 24.0 Å². The Hall–Kier alpha value is -3.03. The Bertz CT molecular complexity index is 837. The van der Waals surface area contributed by atoms with Crippen LogP contribution in [0.5, 0.6) is 11.5 Å². The summed E-state index contributed by atoms with van der Waals surface area (Å²) in [5.74, 6) is -0.345. The molecule has 8 heteroatoms. The molecule has 2 aliphatic heterocycles. The topological polar surface area (TPSA) is 62.8 Å². The standard InChI is InChI=1S/C19H19F2N3O3/c20-19(21)26-16-8-5-14(11-17(16)27-19)22-12-18(25)23-13-3-6-15(7-4-13)24-9-1-2-10-24/h3-8,11,22H,1-2,9-10,12H2,(H,23,25). The number of fused-ring (bicyclic) bond motifs is 1. The molecule has 2 aromatic carbocycles. The molecule has 1 amide bonds. The van der Waals surface area contributed by atoms with Crippen molar-refractivity contribution < 1.29 is 23.0 Å². The number of ether oxygens (including phenoxy) is 2. The summed E-state index contributed by atoms with van der Waals surface area (Å²) in [6, 6.07) is 12.0. The highest BCUT2D eigenvalue weighted by Crippen LogP contribution is 2.42. The Labute approximate surface area is 155 Å². The van der Waals surface area contributed by atoms with E-state index in [9.17, 15) is 13.6 Å². The summed E-state index contributed by atoms with van der Waals surface area (Å²) in [5, 5.41) is 5.68. The fourth-order valence-electron chi connectivity index (χ4n) is 3.18. The van der Waals surface area contributed by atoms with E-state index in [1.807, 2.05) is 24.3 Å². The Kier molecular flexibility index (Phi) is 4.47. The molecule has 0 spiro atoms. The van der Waals surface area contributed by atoms with Gasteiger partial charge < -0.3 is 25.0 Å². The number of halogens is 2. The number of hydrogen-bond acceptors (Lipinski definition) is 5. The number of amides is 1. The number of alkyl halides is 2. The highest BCUT2D eigenvalue weighted by Gasteiger charge is 2.43. The zero-order chi connectivity index (χ0) is 18.9. The first-order chi connectivity index (χ1) is 13.0. The summed E-state index contributed by atoms with van der Waals surface area (Å²) in [4.78, 5) is 14.4. The van der Waals surface area contributed by atoms with Gasteiger partial charge >= 0.3 is 6.29 Å². The van der Waals surface area contributed by atoms with Gasteiger partial charge in [-0.2, -0.15) is 0 Å². The van der Waals surface area contributed by atoms with Gasteiger partial charge in [0.15, 0.2) is 11.5 Å². The lowest BCUT2D eigenvalue weighted by Crippen LogP contribution is -2.25. The van der Waals surface area contributed by atoms with Gasteiger partial charge in [-0.25, -0.2) is 0 Å². The van der Waals surface area contributed by atoms with Gasteiger partial charge in [-0.05, 0) is 49.2 Å². The average Bonchev–Trinajstić information content (AvgIpc) is 3.26. The normalized spacial score (nSPS) is 17.0. The second kappa shape index (κ2) is 6.94. The second-order valence-electron chi connectivity index (χ2n) is 6.47. The minimum Gasteiger partial charge on any atom is -0.395 e. The first-order valence-corrected chi connectivity index (χ1v) is 8.77. The first kappa shape index (κ1) is 17.4. The van der Waals surface area contributed by atoms with E-state index in [1.54, 1.807) is 6.07 Å². The molecule has 2 aliphatic rings. The van der Waals surface area contributed by atoms with Crippen LogP contribution in [-0.2, 0) is 4.79 Å². The van der Waals surface area contributed by atoms with E-state index in [4.69, 9.17) is 0 Å². The van der Waals surface area contributed by atoms with Crippen LogP contribution in [0.25, 0.3) is 0 Å². The molecule has 0 saturated carbocycles. The number of nitrogens with zero attached hydrogens (tertiary/aromatic N) is 1. The third-order valence-electron chi connectivity index (χ3n) is 4.48. The molecule has 6 nitrogen and oxygen atoms in total. The van der Waals surface area contributed by atoms with Crippen LogP contribution in [-0.4, -0.2) is 31.8 Å². The van der Waals surface area contributed by atoms with Gasteiger partial charge in [-0.3, -0.25) is 4.79 Å². The summed E-state index contributed by atoms with van der Waals surface area (Å²) in [5.41, 5.74) is 2.34. The van der Waals surface area contributed by atoms with Crippen molar-refractivity contribution in [3.63, 3.8) is 0 Å². The van der Waals surface area contributed by atoms with Crippen molar-refractivity contribution in [1.82, 2.24) is 0 Å². The van der Waals surface area contributed by atoms with Crippen LogP contribution in [0.1, 0.15) is 12.8 Å². The van der Waals surface area contributed by atoms with Gasteiger partial charge in [0.25, 0.3) is 0 Å². The molecule has 0 radical (unpaired) electrons. The van der Waals surface area contributed by atoms with Crippen LogP contribution < -0.4 is 25.0 Å². The maximum Gasteiger partial charge on any atom is 0.586 e. The summed E-state index contributed by atoms with van der Waals surface area (Å²) in [6.07, 6.45) is -1.23. The van der Waals surface area contributed by atoms with E-state index < -0.39 is 6.29 Å². The lowest BCUT2D eigenvalue weighted by atomic mass is 10.2. The van der Waals surface area contributed by atoms with Crippen molar-refractivity contribution in [2.45, 2.75) is 19.1 Å². The molecule has 0 aliphatic carbocycles. The van der Waals surface area contributed by atoms with Crippen molar-refractivity contribution in [2.24, 2.45) is 0 Å². The molecule has 0 atom stereocenters. The lowest BCUT2D eigenvalue weighted by molar-refractivity contribution is -0.286. The van der Waals surface area contributed by atoms with Gasteiger partial charge in [0.2, 0.25) is 5.91 Å². The number of hydrogen-bond donors (Lipinski definition) is 2. The van der Waals surface area contributed by atoms with Crippen molar-refractivity contribution in [3.05, 3.63) is 42.5 Å². The molecule has 2 aromatic rings. The lowest BCUT2D eigenvalue weighted by Gasteiger charge is -2.17. The highest BCUT2D eigenvalue weighted by atomic mass is 19.3. The zero-order valence-corrected chi connectivity index (χ0v) is 14.5. The summed E-state index contributed by atoms with van der Waals surface area (Å²) >= 11 is 0. The molecule has 4 rings (SSSR count). The average molecular weight is 375 g/mol. The molecule has 2 N–H and O–H groups in total. The number of rotatable bonds is 5. The molecule has 142 valence electrons. The molecule has 2 heterocycles. The Morgan fingerprint density at radius 3 is 2.41 bits per heavy atom. The Balaban J connectivity index is 1.30. The zero-order valence-electron chi connectivity index (χ0n) is 14.5. The van der Waals surface area contributed by atoms with Gasteiger partial charge in [0, 0.05) is 36.2 Å². The van der Waals surface area contributed by atoms with Crippen LogP contribution >= 0.6 is 0 Å². The number of carbonyl (C=O) groups is 1. The van der Waals surface area contributed by atoms with Crippen molar-refractivity contribution >= 4 is 23.0 Å². The van der Waals surface area contributed by atoms with Crippen molar-refractivity contribution in [1.29, 1.82) is 0 Å². The third-order valence-corrected chi connectivity index (χ3v) is 4.48. The van der Waals surface area contributed by atoms with E-state index in [2.05, 4.69) is 25.0 Å². The number of nitrogens with one attached hydrogen (secondary N) is 2. The SMILES string of the molecule is O=C(CNc1ccc2c(c1)OC(F)(F)O2)Nc1ccc(N2CCCC2)cc1. The number of anilines is 3. The molecule has 1 fully saturated rings. The number of benzene rings is 2. The second-order valence-corrected chi connectivity index (χ2v) is 6.47. The minimum absolute atomic E-state index is 0.0100. The summed E-state index contributed by atoms with van der Waals surface area (Å²) in [7, 11) is 0. The quantitative estimate of drug-likeness (QED) is 0.835. The molecular formula is C19H19F2N3O3. The third kappa shape index (κ3) is 4.05. The minimum atomic E-state index is -3.65. The fourth-order valence-corrected chi connectivity index (χ4v) is 3.18. The first-order valence-electron chi connectivity index (χ1n) is 8.77. The highest BCUT2D eigenvalue weighted by molar-refractivity contribution is 5.94. The van der Waals surface area contributed by atoms with Crippen LogP contribution in [0.2, 0.25) is 0 Å². The van der Waals surface area contributed by atoms with Crippen LogP contribution in [0, 0.1) is 0 Å². The van der Waals surface area contributed by atoms with E-state index in [0.717, 1.165) is 18.8 Å². The molecule has 0 unspecified atom stereocenters. The van der Waals surface area contributed by atoms with Crippen molar-refractivity contribution in [3.8, 4) is 11.5 Å². The predicted molar refractivity (Wildman–Crippen MR) is 97.7 cm³/mol. The predicted octanol–water partition coefficient (Wildman–Crippen LogP) is 3.66. The smallest absolute Gasteiger partial charge is 0.395 e. The van der Waals surface area contributed by atoms with E-state index >= 15 is 0 Å². The van der Waals surface area contributed by atoms with Crippen LogP contribution in [0.3, 0.4) is 0 Å². The van der Waals surface area contributed by atoms with Crippen LogP contribution in [0.15, 0.2) is 42.5 Å². The molecule has 0 bridgehead atoms. The van der Waals surface area contributed by atoms with Crippen molar-refractivity contribution in [2.75, 3.05) is 35.2 Å². The van der Waals surface area contributed by atoms with E-state index in [0.29, 0.717) is 11.4 Å². The molecule has 0 aromatic heterocycles. The Morgan fingerprint density at radius 2 is 1.67 bits per heavy atom.